The van der Waals surface area contributed by atoms with Gasteiger partial charge in [0.05, 0.1) is 6.61 Å². The molecule has 1 atom stereocenters. The minimum Gasteiger partial charge on any atom is -0.494 e. The van der Waals surface area contributed by atoms with Crippen LogP contribution in [0.2, 0.25) is 5.02 Å². The topological polar surface area (TPSA) is 21.3 Å². The van der Waals surface area contributed by atoms with Crippen molar-refractivity contribution < 1.29 is 4.74 Å². The lowest BCUT2D eigenvalue weighted by Gasteiger charge is -2.15. The van der Waals surface area contributed by atoms with E-state index in [4.69, 9.17) is 16.3 Å². The summed E-state index contributed by atoms with van der Waals surface area (Å²) in [5.74, 6) is 0.919. The molecular formula is C17H20ClNO. The Bertz CT molecular complexity index is 556. The first-order valence-corrected chi connectivity index (χ1v) is 7.27. The first-order chi connectivity index (χ1) is 9.69. The molecule has 2 aromatic rings. The largest absolute Gasteiger partial charge is 0.494 e. The molecule has 0 amide bonds. The molecule has 0 aromatic heterocycles. The summed E-state index contributed by atoms with van der Waals surface area (Å²) in [6.07, 6.45) is 0. The zero-order valence-electron chi connectivity index (χ0n) is 11.9. The molecule has 2 rings (SSSR count). The molecule has 3 heteroatoms. The van der Waals surface area contributed by atoms with Gasteiger partial charge in [-0.3, -0.25) is 0 Å². The second-order valence-electron chi connectivity index (χ2n) is 4.74. The standard InChI is InChI=1S/C17H20ClNO/c1-3-20-17-9-4-6-14(10-17)12-19-13(2)15-7-5-8-16(18)11-15/h4-11,13,19H,3,12H2,1-2H3/t13-/m1/s1. The van der Waals surface area contributed by atoms with Crippen LogP contribution in [0.5, 0.6) is 5.75 Å². The Morgan fingerprint density at radius 3 is 2.70 bits per heavy atom. The molecule has 106 valence electrons. The molecule has 0 heterocycles. The molecule has 0 unspecified atom stereocenters. The van der Waals surface area contributed by atoms with E-state index in [1.165, 1.54) is 11.1 Å². The summed E-state index contributed by atoms with van der Waals surface area (Å²) in [7, 11) is 0. The maximum Gasteiger partial charge on any atom is 0.119 e. The molecule has 0 radical (unpaired) electrons. The first kappa shape index (κ1) is 14.9. The Morgan fingerprint density at radius 2 is 1.95 bits per heavy atom. The highest BCUT2D eigenvalue weighted by Crippen LogP contribution is 2.18. The van der Waals surface area contributed by atoms with E-state index in [0.717, 1.165) is 17.3 Å². The summed E-state index contributed by atoms with van der Waals surface area (Å²) in [5, 5.41) is 4.27. The van der Waals surface area contributed by atoms with E-state index in [-0.39, 0.29) is 6.04 Å². The van der Waals surface area contributed by atoms with Crippen LogP contribution in [0, 0.1) is 0 Å². The van der Waals surface area contributed by atoms with Crippen LogP contribution < -0.4 is 10.1 Å². The van der Waals surface area contributed by atoms with Crippen molar-refractivity contribution in [1.29, 1.82) is 0 Å². The first-order valence-electron chi connectivity index (χ1n) is 6.89. The van der Waals surface area contributed by atoms with Crippen LogP contribution in [-0.2, 0) is 6.54 Å². The van der Waals surface area contributed by atoms with Gasteiger partial charge in [-0.25, -0.2) is 0 Å². The average molecular weight is 290 g/mol. The lowest BCUT2D eigenvalue weighted by Crippen LogP contribution is -2.18. The van der Waals surface area contributed by atoms with Gasteiger partial charge in [0.2, 0.25) is 0 Å². The van der Waals surface area contributed by atoms with Crippen LogP contribution in [0.4, 0.5) is 0 Å². The number of ether oxygens (including phenoxy) is 1. The number of benzene rings is 2. The van der Waals surface area contributed by atoms with Gasteiger partial charge in [-0.05, 0) is 49.2 Å². The van der Waals surface area contributed by atoms with Crippen molar-refractivity contribution in [2.45, 2.75) is 26.4 Å². The third-order valence-electron chi connectivity index (χ3n) is 3.17. The molecule has 2 nitrogen and oxygen atoms in total. The molecule has 0 spiro atoms. The number of nitrogens with one attached hydrogen (secondary N) is 1. The van der Waals surface area contributed by atoms with Gasteiger partial charge in [-0.1, -0.05) is 35.9 Å². The third-order valence-corrected chi connectivity index (χ3v) is 3.41. The Hall–Kier alpha value is -1.51. The molecule has 1 N–H and O–H groups in total. The molecule has 0 saturated carbocycles. The molecule has 0 aliphatic rings. The fourth-order valence-electron chi connectivity index (χ4n) is 2.08. The van der Waals surface area contributed by atoms with Crippen molar-refractivity contribution in [2.24, 2.45) is 0 Å². The highest BCUT2D eigenvalue weighted by molar-refractivity contribution is 6.30. The monoisotopic (exact) mass is 289 g/mol. The number of rotatable bonds is 6. The van der Waals surface area contributed by atoms with E-state index in [1.54, 1.807) is 0 Å². The summed E-state index contributed by atoms with van der Waals surface area (Å²) in [4.78, 5) is 0. The van der Waals surface area contributed by atoms with Crippen LogP contribution >= 0.6 is 11.6 Å². The van der Waals surface area contributed by atoms with Crippen molar-refractivity contribution in [3.8, 4) is 5.75 Å². The summed E-state index contributed by atoms with van der Waals surface area (Å²) in [5.41, 5.74) is 2.41. The summed E-state index contributed by atoms with van der Waals surface area (Å²) >= 11 is 6.02. The van der Waals surface area contributed by atoms with E-state index in [9.17, 15) is 0 Å². The normalized spacial score (nSPS) is 12.2. The molecule has 0 bridgehead atoms. The van der Waals surface area contributed by atoms with Gasteiger partial charge in [0.1, 0.15) is 5.75 Å². The number of hydrogen-bond donors (Lipinski definition) is 1. The van der Waals surface area contributed by atoms with Crippen molar-refractivity contribution in [3.05, 3.63) is 64.7 Å². The molecule has 0 saturated heterocycles. The molecule has 0 aliphatic carbocycles. The van der Waals surface area contributed by atoms with Gasteiger partial charge >= 0.3 is 0 Å². The number of halogens is 1. The fourth-order valence-corrected chi connectivity index (χ4v) is 2.28. The Kier molecular flexibility index (Phi) is 5.45. The van der Waals surface area contributed by atoms with Crippen molar-refractivity contribution in [2.75, 3.05) is 6.61 Å². The maximum absolute atomic E-state index is 6.02. The van der Waals surface area contributed by atoms with Crippen LogP contribution in [-0.4, -0.2) is 6.61 Å². The van der Waals surface area contributed by atoms with E-state index < -0.39 is 0 Å². The van der Waals surface area contributed by atoms with Crippen molar-refractivity contribution in [1.82, 2.24) is 5.32 Å². The lowest BCUT2D eigenvalue weighted by atomic mass is 10.1. The van der Waals surface area contributed by atoms with Crippen LogP contribution in [0.25, 0.3) is 0 Å². The van der Waals surface area contributed by atoms with Crippen LogP contribution in [0.3, 0.4) is 0 Å². The van der Waals surface area contributed by atoms with E-state index >= 15 is 0 Å². The Labute approximate surface area is 125 Å². The van der Waals surface area contributed by atoms with Crippen molar-refractivity contribution >= 4 is 11.6 Å². The van der Waals surface area contributed by atoms with Gasteiger partial charge in [-0.15, -0.1) is 0 Å². The van der Waals surface area contributed by atoms with Gasteiger partial charge in [0.15, 0.2) is 0 Å². The Balaban J connectivity index is 1.96. The van der Waals surface area contributed by atoms with Gasteiger partial charge in [0, 0.05) is 17.6 Å². The van der Waals surface area contributed by atoms with Gasteiger partial charge < -0.3 is 10.1 Å². The molecule has 0 aliphatic heterocycles. The molecular weight excluding hydrogens is 270 g/mol. The van der Waals surface area contributed by atoms with Crippen molar-refractivity contribution in [3.63, 3.8) is 0 Å². The van der Waals surface area contributed by atoms with E-state index in [2.05, 4.69) is 30.4 Å². The predicted octanol–water partition coefficient (Wildman–Crippen LogP) is 4.59. The minimum atomic E-state index is 0.254. The molecule has 0 fully saturated rings. The summed E-state index contributed by atoms with van der Waals surface area (Å²) in [6.45, 7) is 5.62. The third kappa shape index (κ3) is 4.26. The maximum atomic E-state index is 6.02. The lowest BCUT2D eigenvalue weighted by molar-refractivity contribution is 0.339. The van der Waals surface area contributed by atoms with Gasteiger partial charge in [-0.2, -0.15) is 0 Å². The van der Waals surface area contributed by atoms with E-state index in [1.807, 2.05) is 37.3 Å². The predicted molar refractivity (Wildman–Crippen MR) is 84.3 cm³/mol. The quantitative estimate of drug-likeness (QED) is 0.840. The zero-order chi connectivity index (χ0) is 14.4. The fraction of sp³-hybridized carbons (Fsp3) is 0.294. The SMILES string of the molecule is CCOc1cccc(CN[C@H](C)c2cccc(Cl)c2)c1. The second kappa shape index (κ2) is 7.32. The van der Waals surface area contributed by atoms with Gasteiger partial charge in [0.25, 0.3) is 0 Å². The number of hydrogen-bond acceptors (Lipinski definition) is 2. The second-order valence-corrected chi connectivity index (χ2v) is 5.17. The smallest absolute Gasteiger partial charge is 0.119 e. The highest BCUT2D eigenvalue weighted by Gasteiger charge is 2.05. The summed E-state index contributed by atoms with van der Waals surface area (Å²) < 4.78 is 5.51. The molecule has 2 aromatic carbocycles. The Morgan fingerprint density at radius 1 is 1.15 bits per heavy atom. The summed E-state index contributed by atoms with van der Waals surface area (Å²) in [6, 6.07) is 16.4. The van der Waals surface area contributed by atoms with Crippen LogP contribution in [0.1, 0.15) is 31.0 Å². The minimum absolute atomic E-state index is 0.254. The molecule has 20 heavy (non-hydrogen) atoms. The zero-order valence-corrected chi connectivity index (χ0v) is 12.7. The van der Waals surface area contributed by atoms with E-state index in [0.29, 0.717) is 6.61 Å². The average Bonchev–Trinajstić information content (AvgIpc) is 2.45. The van der Waals surface area contributed by atoms with Crippen LogP contribution in [0.15, 0.2) is 48.5 Å². The highest BCUT2D eigenvalue weighted by atomic mass is 35.5.